The van der Waals surface area contributed by atoms with Crippen molar-refractivity contribution in [3.8, 4) is 0 Å². The summed E-state index contributed by atoms with van der Waals surface area (Å²) in [7, 11) is 0. The van der Waals surface area contributed by atoms with Gasteiger partial charge in [-0.25, -0.2) is 0 Å². The van der Waals surface area contributed by atoms with E-state index in [1.54, 1.807) is 6.07 Å². The summed E-state index contributed by atoms with van der Waals surface area (Å²) in [4.78, 5) is 11.6. The minimum Gasteiger partial charge on any atom is -0.324 e. The average molecular weight is 192 g/mol. The molecule has 0 aromatic carbocycles. The van der Waals surface area contributed by atoms with E-state index in [0.717, 1.165) is 37.1 Å². The summed E-state index contributed by atoms with van der Waals surface area (Å²) in [6.07, 6.45) is 3.12. The zero-order valence-electron chi connectivity index (χ0n) is 8.49. The fourth-order valence-electron chi connectivity index (χ4n) is 2.24. The van der Waals surface area contributed by atoms with E-state index in [1.807, 2.05) is 17.6 Å². The molecule has 0 saturated carbocycles. The maximum absolute atomic E-state index is 11.6. The highest BCUT2D eigenvalue weighted by Gasteiger charge is 2.19. The molecule has 1 aromatic rings. The van der Waals surface area contributed by atoms with Crippen molar-refractivity contribution in [1.82, 2.24) is 4.57 Å². The third kappa shape index (κ3) is 1.38. The van der Waals surface area contributed by atoms with Crippen LogP contribution in [0.5, 0.6) is 0 Å². The topological polar surface area (TPSA) is 48.0 Å². The Morgan fingerprint density at radius 3 is 3.07 bits per heavy atom. The van der Waals surface area contributed by atoms with E-state index < -0.39 is 0 Å². The third-order valence-electron chi connectivity index (χ3n) is 2.97. The van der Waals surface area contributed by atoms with E-state index in [-0.39, 0.29) is 11.6 Å². The maximum Gasteiger partial charge on any atom is 0.250 e. The van der Waals surface area contributed by atoms with Crippen molar-refractivity contribution in [1.29, 1.82) is 0 Å². The van der Waals surface area contributed by atoms with Crippen LogP contribution in [-0.2, 0) is 13.0 Å². The van der Waals surface area contributed by atoms with Crippen LogP contribution in [0.3, 0.4) is 0 Å². The Labute approximate surface area is 83.5 Å². The van der Waals surface area contributed by atoms with Crippen molar-refractivity contribution in [3.63, 3.8) is 0 Å². The van der Waals surface area contributed by atoms with Gasteiger partial charge in [-0.05, 0) is 31.7 Å². The van der Waals surface area contributed by atoms with E-state index in [0.29, 0.717) is 0 Å². The Bertz CT molecular complexity index is 395. The van der Waals surface area contributed by atoms with Gasteiger partial charge in [0.05, 0.1) is 0 Å². The number of hydrogen-bond donors (Lipinski definition) is 1. The Morgan fingerprint density at radius 2 is 2.36 bits per heavy atom. The molecule has 0 unspecified atom stereocenters. The first-order valence-corrected chi connectivity index (χ1v) is 5.22. The molecule has 2 N–H and O–H groups in total. The van der Waals surface area contributed by atoms with Crippen molar-refractivity contribution in [3.05, 3.63) is 33.7 Å². The summed E-state index contributed by atoms with van der Waals surface area (Å²) in [5.41, 5.74) is 8.42. The summed E-state index contributed by atoms with van der Waals surface area (Å²) in [5, 5.41) is 0. The molecule has 3 heteroatoms. The number of rotatable bonds is 1. The standard InChI is InChI=1S/C11H16N2O/c1-2-13-10-5-3-4-9(12)8(10)6-7-11(13)14/h6-7,9H,2-5,12H2,1H3/t9-/m1/s1. The molecule has 1 heterocycles. The second-order valence-electron chi connectivity index (χ2n) is 3.82. The molecule has 0 amide bonds. The van der Waals surface area contributed by atoms with E-state index >= 15 is 0 Å². The van der Waals surface area contributed by atoms with E-state index in [1.165, 1.54) is 0 Å². The molecule has 14 heavy (non-hydrogen) atoms. The zero-order valence-corrected chi connectivity index (χ0v) is 8.49. The molecule has 3 nitrogen and oxygen atoms in total. The largest absolute Gasteiger partial charge is 0.324 e. The lowest BCUT2D eigenvalue weighted by molar-refractivity contribution is 0.525. The molecule has 0 radical (unpaired) electrons. The number of fused-ring (bicyclic) bond motifs is 1. The monoisotopic (exact) mass is 192 g/mol. The number of hydrogen-bond acceptors (Lipinski definition) is 2. The molecule has 0 bridgehead atoms. The van der Waals surface area contributed by atoms with Gasteiger partial charge in [0.15, 0.2) is 0 Å². The highest BCUT2D eigenvalue weighted by Crippen LogP contribution is 2.26. The van der Waals surface area contributed by atoms with Crippen molar-refractivity contribution in [2.45, 2.75) is 38.8 Å². The highest BCUT2D eigenvalue weighted by molar-refractivity contribution is 5.27. The molecule has 0 saturated heterocycles. The lowest BCUT2D eigenvalue weighted by Crippen LogP contribution is -2.28. The molecule has 1 aromatic heterocycles. The van der Waals surface area contributed by atoms with Crippen LogP contribution >= 0.6 is 0 Å². The normalized spacial score (nSPS) is 20.6. The number of pyridine rings is 1. The van der Waals surface area contributed by atoms with Crippen molar-refractivity contribution >= 4 is 0 Å². The average Bonchev–Trinajstić information content (AvgIpc) is 2.18. The minimum atomic E-state index is 0.0975. The summed E-state index contributed by atoms with van der Waals surface area (Å²) in [6, 6.07) is 3.65. The quantitative estimate of drug-likeness (QED) is 0.727. The number of nitrogens with two attached hydrogens (primary N) is 1. The summed E-state index contributed by atoms with van der Waals surface area (Å²) in [5.74, 6) is 0. The minimum absolute atomic E-state index is 0.0975. The summed E-state index contributed by atoms with van der Waals surface area (Å²) >= 11 is 0. The first kappa shape index (κ1) is 9.46. The lowest BCUT2D eigenvalue weighted by Gasteiger charge is -2.24. The van der Waals surface area contributed by atoms with Gasteiger partial charge in [0.2, 0.25) is 0 Å². The lowest BCUT2D eigenvalue weighted by atomic mass is 9.91. The zero-order chi connectivity index (χ0) is 10.1. The predicted molar refractivity (Wildman–Crippen MR) is 56.2 cm³/mol. The van der Waals surface area contributed by atoms with Gasteiger partial charge in [0.1, 0.15) is 0 Å². The third-order valence-corrected chi connectivity index (χ3v) is 2.97. The molecular formula is C11H16N2O. The molecule has 2 rings (SSSR count). The fourth-order valence-corrected chi connectivity index (χ4v) is 2.24. The van der Waals surface area contributed by atoms with Crippen LogP contribution in [0, 0.1) is 0 Å². The van der Waals surface area contributed by atoms with Crippen molar-refractivity contribution < 1.29 is 0 Å². The molecular weight excluding hydrogens is 176 g/mol. The van der Waals surface area contributed by atoms with Crippen molar-refractivity contribution in [2.75, 3.05) is 0 Å². The van der Waals surface area contributed by atoms with Gasteiger partial charge < -0.3 is 10.3 Å². The molecule has 76 valence electrons. The number of aromatic nitrogens is 1. The predicted octanol–water partition coefficient (Wildman–Crippen LogP) is 1.20. The van der Waals surface area contributed by atoms with E-state index in [2.05, 4.69) is 0 Å². The first-order valence-electron chi connectivity index (χ1n) is 5.22. The molecule has 1 aliphatic carbocycles. The van der Waals surface area contributed by atoms with Gasteiger partial charge in [0.25, 0.3) is 5.56 Å². The Kier molecular flexibility index (Phi) is 2.42. The molecule has 0 fully saturated rings. The second kappa shape index (κ2) is 3.58. The maximum atomic E-state index is 11.6. The summed E-state index contributed by atoms with van der Waals surface area (Å²) < 4.78 is 1.84. The van der Waals surface area contributed by atoms with Gasteiger partial charge >= 0.3 is 0 Å². The van der Waals surface area contributed by atoms with Gasteiger partial charge in [0, 0.05) is 24.3 Å². The van der Waals surface area contributed by atoms with E-state index in [9.17, 15) is 4.79 Å². The second-order valence-corrected chi connectivity index (χ2v) is 3.82. The smallest absolute Gasteiger partial charge is 0.250 e. The molecule has 1 aliphatic rings. The van der Waals surface area contributed by atoms with Crippen LogP contribution < -0.4 is 11.3 Å². The highest BCUT2D eigenvalue weighted by atomic mass is 16.1. The Hall–Kier alpha value is -1.09. The molecule has 0 spiro atoms. The van der Waals surface area contributed by atoms with Crippen molar-refractivity contribution in [2.24, 2.45) is 5.73 Å². The first-order chi connectivity index (χ1) is 6.74. The number of nitrogens with zero attached hydrogens (tertiary/aromatic N) is 1. The van der Waals surface area contributed by atoms with Gasteiger partial charge in [-0.2, -0.15) is 0 Å². The Morgan fingerprint density at radius 1 is 1.57 bits per heavy atom. The molecule has 0 aliphatic heterocycles. The van der Waals surface area contributed by atoms with Crippen LogP contribution in [-0.4, -0.2) is 4.57 Å². The van der Waals surface area contributed by atoms with Crippen LogP contribution in [0.4, 0.5) is 0 Å². The van der Waals surface area contributed by atoms with Crippen LogP contribution in [0.15, 0.2) is 16.9 Å². The Balaban J connectivity index is 2.61. The molecule has 1 atom stereocenters. The van der Waals surface area contributed by atoms with Crippen LogP contribution in [0.1, 0.15) is 37.1 Å². The van der Waals surface area contributed by atoms with E-state index in [4.69, 9.17) is 5.73 Å². The fraction of sp³-hybridized carbons (Fsp3) is 0.545. The van der Waals surface area contributed by atoms with Gasteiger partial charge in [-0.15, -0.1) is 0 Å². The summed E-state index contributed by atoms with van der Waals surface area (Å²) in [6.45, 7) is 2.75. The van der Waals surface area contributed by atoms with Gasteiger partial charge in [-0.1, -0.05) is 6.07 Å². The van der Waals surface area contributed by atoms with Gasteiger partial charge in [-0.3, -0.25) is 4.79 Å². The SMILES string of the molecule is CCn1c2c(ccc1=O)[C@H](N)CCC2. The van der Waals surface area contributed by atoms with Crippen LogP contribution in [0.25, 0.3) is 0 Å². The van der Waals surface area contributed by atoms with Crippen LogP contribution in [0.2, 0.25) is 0 Å².